The molecule has 3 heterocycles. The molecule has 4 aromatic rings. The highest BCUT2D eigenvalue weighted by molar-refractivity contribution is 5.85. The Morgan fingerprint density at radius 1 is 0.264 bits per heavy atom. The summed E-state index contributed by atoms with van der Waals surface area (Å²) < 4.78 is 17.5. The average Bonchev–Trinajstić information content (AvgIpc) is 1.54. The molecule has 0 spiro atoms. The normalized spacial score (nSPS) is 7.00. The number of terminal acetylenes is 1. The molecule has 0 fully saturated rings. The van der Waals surface area contributed by atoms with E-state index in [4.69, 9.17) is 20.6 Å². The van der Waals surface area contributed by atoms with Crippen LogP contribution in [0.25, 0.3) is 10.9 Å². The van der Waals surface area contributed by atoms with Crippen molar-refractivity contribution in [3.8, 4) is 669 Å². The molecule has 0 amide bonds. The van der Waals surface area contributed by atoms with E-state index in [0.29, 0.717) is 12.6 Å². The summed E-state index contributed by atoms with van der Waals surface area (Å²) in [5, 5.41) is 1.35. The molecule has 616 valence electrons. The first-order chi connectivity index (χ1) is 71.7. The molecule has 1 aromatic heterocycles. The summed E-state index contributed by atoms with van der Waals surface area (Å²) in [6.45, 7) is 4.12. The zero-order valence-corrected chi connectivity index (χ0v) is 75.1. The van der Waals surface area contributed by atoms with Crippen LogP contribution in [0, 0.1) is 652 Å². The molecule has 0 saturated carbocycles. The SMILES string of the molecule is C#CC#CC#CC#CC#CC#CC#CC#CC#CC#CC#CC#CC#CC#CC#CC#CC#CC#CC#CC#CC#CC#CC#CC#CC#CC#CC#CC#CC#CC#CC#CC#CC#CC#CC#CC#CC#CC#CC#CC#CC#CC#CC#CC#CC#CC#CC#CC#CC#CC#CC#CC#CC#CC#CC#CC.COc1ccccc1COc1cc2c(cc1OC)CCN1Cc3[nH]c4ccccc4c3CC21. The topological polar surface area (TPSA) is 46.7 Å². The fraction of sp³-hybridized carbons (Fsp3) is 0.0647. The summed E-state index contributed by atoms with van der Waals surface area (Å²) in [5.41, 5.74) is 7.78. The number of nitrogens with one attached hydrogen (secondary N) is 1. The number of aromatic nitrogens is 1. The van der Waals surface area contributed by atoms with Crippen molar-refractivity contribution in [1.29, 1.82) is 0 Å². The Morgan fingerprint density at radius 2 is 0.486 bits per heavy atom. The van der Waals surface area contributed by atoms with Gasteiger partial charge in [-0.1, -0.05) is 42.3 Å². The summed E-state index contributed by atoms with van der Waals surface area (Å²) in [7, 11) is 3.40. The van der Waals surface area contributed by atoms with Crippen LogP contribution in [-0.4, -0.2) is 30.6 Å². The molecule has 5 heteroatoms. The molecule has 0 bridgehead atoms. The van der Waals surface area contributed by atoms with Crippen LogP contribution < -0.4 is 14.2 Å². The highest BCUT2D eigenvalue weighted by atomic mass is 16.5. The predicted molar refractivity (Wildman–Crippen MR) is 564 cm³/mol. The van der Waals surface area contributed by atoms with E-state index in [0.717, 1.165) is 48.7 Å². The van der Waals surface area contributed by atoms with Crippen molar-refractivity contribution in [2.45, 2.75) is 39.0 Å². The van der Waals surface area contributed by atoms with Gasteiger partial charge in [0.05, 0.1) is 14.2 Å². The highest BCUT2D eigenvalue weighted by Gasteiger charge is 2.35. The third-order valence-corrected chi connectivity index (χ3v) is 14.0. The lowest BCUT2D eigenvalue weighted by Crippen LogP contribution is -2.39. The lowest BCUT2D eigenvalue weighted by atomic mass is 9.85. The van der Waals surface area contributed by atoms with E-state index >= 15 is 0 Å². The molecule has 144 heavy (non-hydrogen) atoms. The second-order valence-corrected chi connectivity index (χ2v) is 22.6. The lowest BCUT2D eigenvalue weighted by molar-refractivity contribution is 0.158. The third-order valence-electron chi connectivity index (χ3n) is 14.0. The fourth-order valence-corrected chi connectivity index (χ4v) is 8.84. The van der Waals surface area contributed by atoms with Gasteiger partial charge >= 0.3 is 0 Å². The standard InChI is InChI=1S/C111H4.C28H28N2O3/c1-3-5-7-9-11-13-15-17-19-21-23-25-27-29-31-33-35-37-39-41-43-45-47-49-51-53-55-57-59-61-63-65-67-69-71-73-75-77-79-81-83-85-87-89-91-93-95-97-99-101-103-105-107-109-111-110-108-106-104-102-100-98-96-94-92-90-88-86-84-82-80-78-76-74-72-70-68-66-64-62-60-58-56-54-52-50-48-46-44-42-40-38-36-34-32-30-28-26-24-22-20-18-16-14-12-10-8-6-4-2;1-31-26-10-6-3-7-19(26)17-33-28-15-21-18(13-27(28)32-2)11-12-30-16-24-22(14-25(21)30)20-8-4-5-9-23(20)29-24/h1H,2H3;3-10,13,15,25,29H,11-12,14,16-17H2,1-2H3. The van der Waals surface area contributed by atoms with E-state index in [9.17, 15) is 0 Å². The van der Waals surface area contributed by atoms with Gasteiger partial charge in [-0.25, -0.2) is 0 Å². The molecule has 0 aliphatic carbocycles. The minimum Gasteiger partial charge on any atom is -0.496 e. The van der Waals surface area contributed by atoms with Gasteiger partial charge in [-0.05, 0) is 155 Å². The smallest absolute Gasteiger partial charge is 0.162 e. The van der Waals surface area contributed by atoms with Gasteiger partial charge in [0.15, 0.2) is 11.5 Å². The Hall–Kier alpha value is -27.6. The van der Waals surface area contributed by atoms with E-state index in [-0.39, 0.29) is 0 Å². The molecule has 1 atom stereocenters. The zero-order valence-electron chi connectivity index (χ0n) is 75.1. The second-order valence-electron chi connectivity index (χ2n) is 22.6. The molecule has 6 rings (SSSR count). The van der Waals surface area contributed by atoms with Crippen molar-refractivity contribution in [2.24, 2.45) is 0 Å². The molecule has 0 radical (unpaired) electrons. The molecule has 3 aromatic carbocycles. The molecule has 2 aliphatic rings. The van der Waals surface area contributed by atoms with Crippen molar-refractivity contribution < 1.29 is 14.2 Å². The maximum atomic E-state index is 6.30. The number of H-pyrrole nitrogens is 1. The van der Waals surface area contributed by atoms with Crippen LogP contribution in [-0.2, 0) is 26.0 Å². The van der Waals surface area contributed by atoms with Crippen LogP contribution in [0.2, 0.25) is 0 Å². The van der Waals surface area contributed by atoms with E-state index in [1.54, 1.807) is 21.1 Å². The number of ether oxygens (including phenoxy) is 3. The Morgan fingerprint density at radius 3 is 0.722 bits per heavy atom. The van der Waals surface area contributed by atoms with Crippen molar-refractivity contribution in [3.63, 3.8) is 0 Å². The Bertz CT molecular complexity index is 9980. The third kappa shape index (κ3) is 57.1. The maximum absolute atomic E-state index is 6.30. The number of aromatic amines is 1. The van der Waals surface area contributed by atoms with Crippen LogP contribution in [0.5, 0.6) is 17.2 Å². The number of para-hydroxylation sites is 2. The molecule has 1 N–H and O–H groups in total. The van der Waals surface area contributed by atoms with Gasteiger partial charge in [0.1, 0.15) is 12.4 Å². The van der Waals surface area contributed by atoms with Crippen LogP contribution in [0.3, 0.4) is 0 Å². The van der Waals surface area contributed by atoms with Gasteiger partial charge in [-0.15, -0.1) is 6.42 Å². The molecule has 1 unspecified atom stereocenters. The van der Waals surface area contributed by atoms with Crippen LogP contribution in [0.1, 0.15) is 40.9 Å². The van der Waals surface area contributed by atoms with Gasteiger partial charge in [-0.3, -0.25) is 4.90 Å². The maximum Gasteiger partial charge on any atom is 0.162 e. The average molecular weight is 1780 g/mol. The van der Waals surface area contributed by atoms with Gasteiger partial charge in [0.2, 0.25) is 0 Å². The molecule has 2 aliphatic heterocycles. The summed E-state index contributed by atoms with van der Waals surface area (Å²) in [4.78, 5) is 6.25. The van der Waals surface area contributed by atoms with E-state index < -0.39 is 0 Å². The van der Waals surface area contributed by atoms with Crippen molar-refractivity contribution in [1.82, 2.24) is 9.88 Å². The Balaban J connectivity index is 0.000000907. The summed E-state index contributed by atoms with van der Waals surface area (Å²) in [6, 6.07) is 21.3. The predicted octanol–water partition coefficient (Wildman–Crippen LogP) is 6.24. The van der Waals surface area contributed by atoms with E-state index in [2.05, 4.69) is 692 Å². The quantitative estimate of drug-likeness (QED) is 0.241. The minimum atomic E-state index is 0.347. The van der Waals surface area contributed by atoms with E-state index in [1.165, 1.54) is 33.3 Å². The molecular formula is C139H32N2O3. The van der Waals surface area contributed by atoms with Crippen LogP contribution in [0.4, 0.5) is 0 Å². The zero-order chi connectivity index (χ0) is 101. The Labute approximate surface area is 846 Å². The largest absolute Gasteiger partial charge is 0.496 e. The lowest BCUT2D eigenvalue weighted by Gasteiger charge is -2.40. The van der Waals surface area contributed by atoms with Gasteiger partial charge < -0.3 is 19.2 Å². The first kappa shape index (κ1) is 107. The van der Waals surface area contributed by atoms with E-state index in [1.807, 2.05) is 24.3 Å². The molecule has 0 saturated heterocycles. The number of hydrogen-bond acceptors (Lipinski definition) is 4. The van der Waals surface area contributed by atoms with Crippen molar-refractivity contribution in [3.05, 3.63) is 88.6 Å². The van der Waals surface area contributed by atoms with Crippen molar-refractivity contribution >= 4 is 10.9 Å². The van der Waals surface area contributed by atoms with Gasteiger partial charge in [0, 0.05) is 586 Å². The monoisotopic (exact) mass is 1780 g/mol. The summed E-state index contributed by atoms with van der Waals surface area (Å²) >= 11 is 0. The highest BCUT2D eigenvalue weighted by Crippen LogP contribution is 2.44. The number of hydrogen-bond donors (Lipinski definition) is 1. The number of rotatable bonds is 5. The van der Waals surface area contributed by atoms with Crippen molar-refractivity contribution in [2.75, 3.05) is 20.8 Å². The first-order valence-electron chi connectivity index (χ1n) is 39.3. The second kappa shape index (κ2) is 81.1. The van der Waals surface area contributed by atoms with Crippen LogP contribution >= 0.6 is 0 Å². The number of fused-ring (bicyclic) bond motifs is 6. The molecule has 5 nitrogen and oxygen atoms in total. The van der Waals surface area contributed by atoms with Crippen LogP contribution in [0.15, 0.2) is 60.7 Å². The number of nitrogens with zero attached hydrogens (tertiary/aromatic N) is 1. The van der Waals surface area contributed by atoms with Gasteiger partial charge in [0.25, 0.3) is 0 Å². The fourth-order valence-electron chi connectivity index (χ4n) is 8.84. The summed E-state index contributed by atoms with van der Waals surface area (Å²) in [6.07, 6.45) is 6.98. The Kier molecular flexibility index (Phi) is 60.2. The minimum absolute atomic E-state index is 0.347. The van der Waals surface area contributed by atoms with Gasteiger partial charge in [-0.2, -0.15) is 0 Å². The number of methoxy groups -OCH3 is 2. The number of benzene rings is 3. The molecular weight excluding hydrogens is 1750 g/mol. The first-order valence-corrected chi connectivity index (χ1v) is 39.3. The summed E-state index contributed by atoms with van der Waals surface area (Å²) in [5.74, 6) is 274.